The van der Waals surface area contributed by atoms with Gasteiger partial charge in [0.05, 0.1) is 0 Å². The maximum absolute atomic E-state index is 11.8. The van der Waals surface area contributed by atoms with Gasteiger partial charge in [0.25, 0.3) is 0 Å². The molecule has 1 aliphatic rings. The second-order valence-electron chi connectivity index (χ2n) is 3.69. The Morgan fingerprint density at radius 3 is 3.19 bits per heavy atom. The fourth-order valence-electron chi connectivity index (χ4n) is 1.63. The maximum atomic E-state index is 11.8. The molecule has 0 saturated carbocycles. The first-order valence-corrected chi connectivity index (χ1v) is 6.73. The Hall–Kier alpha value is -1.14. The van der Waals surface area contributed by atoms with Gasteiger partial charge in [-0.2, -0.15) is 0 Å². The highest BCUT2D eigenvalue weighted by atomic mass is 32.2. The van der Waals surface area contributed by atoms with Gasteiger partial charge in [0.2, 0.25) is 15.9 Å². The van der Waals surface area contributed by atoms with Crippen molar-refractivity contribution in [2.45, 2.75) is 30.8 Å². The normalized spacial score (nSPS) is 22.9. The first-order valence-electron chi connectivity index (χ1n) is 5.25. The number of hydrogen-bond acceptors (Lipinski definition) is 4. The Labute approximate surface area is 94.9 Å². The van der Waals surface area contributed by atoms with Crippen molar-refractivity contribution in [2.75, 3.05) is 6.54 Å². The number of rotatable bonds is 2. The molecular formula is C10H14N2O3S. The van der Waals surface area contributed by atoms with Gasteiger partial charge in [-0.25, -0.2) is 18.1 Å². The van der Waals surface area contributed by atoms with E-state index in [-0.39, 0.29) is 16.9 Å². The highest BCUT2D eigenvalue weighted by Gasteiger charge is 2.27. The van der Waals surface area contributed by atoms with Gasteiger partial charge in [-0.15, -0.1) is 0 Å². The predicted molar refractivity (Wildman–Crippen MR) is 58.7 cm³/mol. The van der Waals surface area contributed by atoms with E-state index >= 15 is 0 Å². The maximum Gasteiger partial charge on any atom is 0.246 e. The van der Waals surface area contributed by atoms with Crippen molar-refractivity contribution in [1.29, 1.82) is 0 Å². The summed E-state index contributed by atoms with van der Waals surface area (Å²) in [5, 5.41) is 0. The number of sulfonamides is 1. The number of pyridine rings is 1. The monoisotopic (exact) mass is 242 g/mol. The Bertz CT molecular complexity index is 473. The molecule has 2 heterocycles. The molecule has 0 amide bonds. The second-order valence-corrected chi connectivity index (χ2v) is 5.42. The Kier molecular flexibility index (Phi) is 3.11. The van der Waals surface area contributed by atoms with Crippen LogP contribution in [0.4, 0.5) is 0 Å². The molecular weight excluding hydrogens is 228 g/mol. The zero-order chi connectivity index (χ0) is 11.6. The Balaban J connectivity index is 2.39. The van der Waals surface area contributed by atoms with Crippen LogP contribution < -0.4 is 9.46 Å². The summed E-state index contributed by atoms with van der Waals surface area (Å²) in [5.74, 6) is 0.200. The van der Waals surface area contributed by atoms with Crippen LogP contribution in [0.3, 0.4) is 0 Å². The van der Waals surface area contributed by atoms with Gasteiger partial charge in [-0.05, 0) is 18.6 Å². The zero-order valence-corrected chi connectivity index (χ0v) is 9.83. The van der Waals surface area contributed by atoms with E-state index in [0.29, 0.717) is 6.54 Å². The summed E-state index contributed by atoms with van der Waals surface area (Å²) in [5.41, 5.74) is 0. The van der Waals surface area contributed by atoms with E-state index in [9.17, 15) is 8.42 Å². The third kappa shape index (κ3) is 2.17. The van der Waals surface area contributed by atoms with Crippen LogP contribution in [-0.4, -0.2) is 26.1 Å². The quantitative estimate of drug-likeness (QED) is 0.837. The van der Waals surface area contributed by atoms with Gasteiger partial charge in [0.15, 0.2) is 0 Å². The fourth-order valence-corrected chi connectivity index (χ4v) is 2.78. The minimum atomic E-state index is -3.47. The first kappa shape index (κ1) is 11.3. The van der Waals surface area contributed by atoms with Gasteiger partial charge < -0.3 is 4.74 Å². The molecule has 88 valence electrons. The predicted octanol–water partition coefficient (Wildman–Crippen LogP) is 0.921. The fraction of sp³-hybridized carbons (Fsp3) is 0.500. The summed E-state index contributed by atoms with van der Waals surface area (Å²) in [4.78, 5) is 4.09. The van der Waals surface area contributed by atoms with Crippen molar-refractivity contribution in [2.24, 2.45) is 0 Å². The lowest BCUT2D eigenvalue weighted by Crippen LogP contribution is -2.31. The molecule has 0 bridgehead atoms. The van der Waals surface area contributed by atoms with Gasteiger partial charge in [0.1, 0.15) is 11.0 Å². The molecule has 1 atom stereocenters. The minimum absolute atomic E-state index is 0.119. The Morgan fingerprint density at radius 2 is 2.44 bits per heavy atom. The van der Waals surface area contributed by atoms with Gasteiger partial charge in [-0.1, -0.05) is 13.3 Å². The van der Waals surface area contributed by atoms with Gasteiger partial charge in [-0.3, -0.25) is 0 Å². The standard InChI is InChI=1S/C10H14N2O3S/c1-2-4-8-7-12-16(13,14)9-5-3-6-11-10(9)15-8/h3,5-6,8,12H,2,4,7H2,1H3/t8-/m1/s1. The Morgan fingerprint density at radius 1 is 1.62 bits per heavy atom. The van der Waals surface area contributed by atoms with Crippen molar-refractivity contribution in [3.63, 3.8) is 0 Å². The lowest BCUT2D eigenvalue weighted by molar-refractivity contribution is 0.185. The molecule has 16 heavy (non-hydrogen) atoms. The third-order valence-electron chi connectivity index (χ3n) is 2.42. The highest BCUT2D eigenvalue weighted by Crippen LogP contribution is 2.24. The molecule has 0 aromatic carbocycles. The molecule has 0 unspecified atom stereocenters. The summed E-state index contributed by atoms with van der Waals surface area (Å²) in [6, 6.07) is 3.08. The largest absolute Gasteiger partial charge is 0.472 e. The summed E-state index contributed by atoms with van der Waals surface area (Å²) in [7, 11) is -3.47. The number of ether oxygens (including phenoxy) is 1. The molecule has 1 N–H and O–H groups in total. The molecule has 1 aromatic rings. The number of nitrogens with zero attached hydrogens (tertiary/aromatic N) is 1. The van der Waals surface area contributed by atoms with Crippen molar-refractivity contribution < 1.29 is 13.2 Å². The van der Waals surface area contributed by atoms with Crippen LogP contribution in [0, 0.1) is 0 Å². The van der Waals surface area contributed by atoms with E-state index in [4.69, 9.17) is 4.74 Å². The van der Waals surface area contributed by atoms with Crippen LogP contribution in [-0.2, 0) is 10.0 Å². The molecule has 2 rings (SSSR count). The van der Waals surface area contributed by atoms with Gasteiger partial charge in [0, 0.05) is 12.7 Å². The van der Waals surface area contributed by atoms with E-state index in [1.54, 1.807) is 6.07 Å². The van der Waals surface area contributed by atoms with Crippen LogP contribution in [0.1, 0.15) is 19.8 Å². The van der Waals surface area contributed by atoms with Crippen LogP contribution in [0.25, 0.3) is 0 Å². The number of nitrogens with one attached hydrogen (secondary N) is 1. The van der Waals surface area contributed by atoms with E-state index in [1.807, 2.05) is 6.92 Å². The second kappa shape index (κ2) is 4.39. The van der Waals surface area contributed by atoms with E-state index in [0.717, 1.165) is 12.8 Å². The molecule has 0 spiro atoms. The highest BCUT2D eigenvalue weighted by molar-refractivity contribution is 7.89. The zero-order valence-electron chi connectivity index (χ0n) is 9.01. The third-order valence-corrected chi connectivity index (χ3v) is 3.85. The lowest BCUT2D eigenvalue weighted by atomic mass is 10.2. The van der Waals surface area contributed by atoms with Crippen molar-refractivity contribution in [3.05, 3.63) is 18.3 Å². The molecule has 5 nitrogen and oxygen atoms in total. The number of aromatic nitrogens is 1. The average molecular weight is 242 g/mol. The van der Waals surface area contributed by atoms with Crippen LogP contribution >= 0.6 is 0 Å². The molecule has 0 saturated heterocycles. The molecule has 0 aliphatic carbocycles. The van der Waals surface area contributed by atoms with Crippen molar-refractivity contribution >= 4 is 10.0 Å². The van der Waals surface area contributed by atoms with Crippen molar-refractivity contribution in [3.8, 4) is 5.88 Å². The molecule has 0 fully saturated rings. The molecule has 1 aliphatic heterocycles. The van der Waals surface area contributed by atoms with E-state index < -0.39 is 10.0 Å². The number of hydrogen-bond donors (Lipinski definition) is 1. The molecule has 0 radical (unpaired) electrons. The first-order chi connectivity index (χ1) is 7.63. The van der Waals surface area contributed by atoms with Crippen LogP contribution in [0.5, 0.6) is 5.88 Å². The van der Waals surface area contributed by atoms with Crippen LogP contribution in [0.15, 0.2) is 23.2 Å². The topological polar surface area (TPSA) is 68.3 Å². The number of fused-ring (bicyclic) bond motifs is 1. The van der Waals surface area contributed by atoms with E-state index in [2.05, 4.69) is 9.71 Å². The lowest BCUT2D eigenvalue weighted by Gasteiger charge is -2.13. The van der Waals surface area contributed by atoms with Crippen LogP contribution in [0.2, 0.25) is 0 Å². The summed E-state index contributed by atoms with van der Waals surface area (Å²) in [6.07, 6.45) is 3.13. The SMILES string of the molecule is CCC[C@@H]1CNS(=O)(=O)c2cccnc2O1. The molecule has 1 aromatic heterocycles. The minimum Gasteiger partial charge on any atom is -0.472 e. The smallest absolute Gasteiger partial charge is 0.246 e. The average Bonchev–Trinajstić information content (AvgIpc) is 2.38. The van der Waals surface area contributed by atoms with Crippen molar-refractivity contribution in [1.82, 2.24) is 9.71 Å². The summed E-state index contributed by atoms with van der Waals surface area (Å²) in [6.45, 7) is 2.33. The van der Waals surface area contributed by atoms with E-state index in [1.165, 1.54) is 12.3 Å². The summed E-state index contributed by atoms with van der Waals surface area (Å²) >= 11 is 0. The molecule has 6 heteroatoms. The summed E-state index contributed by atoms with van der Waals surface area (Å²) < 4.78 is 31.7. The van der Waals surface area contributed by atoms with Gasteiger partial charge >= 0.3 is 0 Å².